The number of halogens is 2. The van der Waals surface area contributed by atoms with Crippen LogP contribution in [0.4, 0.5) is 14.6 Å². The van der Waals surface area contributed by atoms with E-state index in [1.165, 1.54) is 36.4 Å². The Balaban J connectivity index is 1.34. The van der Waals surface area contributed by atoms with Gasteiger partial charge in [-0.15, -0.1) is 0 Å². The van der Waals surface area contributed by atoms with Crippen LogP contribution in [0.15, 0.2) is 18.5 Å². The van der Waals surface area contributed by atoms with Crippen molar-refractivity contribution in [3.63, 3.8) is 0 Å². The number of carbonyl (C=O) groups is 1. The molecule has 2 N–H and O–H groups in total. The molecular weight excluding hydrogens is 426 g/mol. The van der Waals surface area contributed by atoms with E-state index in [2.05, 4.69) is 21.4 Å². The van der Waals surface area contributed by atoms with Gasteiger partial charge in [-0.05, 0) is 74.5 Å². The summed E-state index contributed by atoms with van der Waals surface area (Å²) in [6.45, 7) is 2.63. The highest BCUT2D eigenvalue weighted by atomic mass is 19.3. The van der Waals surface area contributed by atoms with E-state index in [1.807, 2.05) is 0 Å². The first-order valence-electron chi connectivity index (χ1n) is 12.0. The van der Waals surface area contributed by atoms with E-state index in [1.54, 1.807) is 6.92 Å². The molecule has 178 valence electrons. The molecule has 1 atom stereocenters. The average molecular weight is 459 g/mol. The van der Waals surface area contributed by atoms with Crippen molar-refractivity contribution in [1.82, 2.24) is 15.0 Å². The van der Waals surface area contributed by atoms with E-state index in [9.17, 15) is 18.7 Å². The van der Waals surface area contributed by atoms with Gasteiger partial charge >= 0.3 is 5.97 Å². The third kappa shape index (κ3) is 6.45. The maximum atomic E-state index is 14.8. The molecule has 1 fully saturated rings. The van der Waals surface area contributed by atoms with Gasteiger partial charge in [-0.2, -0.15) is 0 Å². The van der Waals surface area contributed by atoms with Gasteiger partial charge in [0.1, 0.15) is 11.6 Å². The van der Waals surface area contributed by atoms with Gasteiger partial charge < -0.3 is 10.4 Å². The van der Waals surface area contributed by atoms with Crippen molar-refractivity contribution in [3.05, 3.63) is 46.7 Å². The maximum absolute atomic E-state index is 14.8. The summed E-state index contributed by atoms with van der Waals surface area (Å²) < 4.78 is 29.6. The number of hydrogen-bond donors (Lipinski definition) is 2. The second-order valence-corrected chi connectivity index (χ2v) is 9.46. The molecule has 4 rings (SSSR count). The molecule has 3 heterocycles. The molecule has 2 aliphatic rings. The number of rotatable bonds is 11. The van der Waals surface area contributed by atoms with Gasteiger partial charge in [-0.1, -0.05) is 6.07 Å². The largest absolute Gasteiger partial charge is 0.481 e. The molecule has 0 amide bonds. The predicted molar refractivity (Wildman–Crippen MR) is 122 cm³/mol. The molecular formula is C25H32F2N4O2. The minimum atomic E-state index is -2.95. The first kappa shape index (κ1) is 23.5. The highest BCUT2D eigenvalue weighted by Gasteiger charge is 2.34. The van der Waals surface area contributed by atoms with Crippen LogP contribution in [0.5, 0.6) is 0 Å². The lowest BCUT2D eigenvalue weighted by atomic mass is 9.89. The quantitative estimate of drug-likeness (QED) is 0.438. The number of anilines is 1. The fourth-order valence-electron chi connectivity index (χ4n) is 4.66. The Morgan fingerprint density at radius 3 is 2.73 bits per heavy atom. The van der Waals surface area contributed by atoms with Gasteiger partial charge in [0.2, 0.25) is 5.92 Å². The number of fused-ring (bicyclic) bond motifs is 1. The van der Waals surface area contributed by atoms with Crippen LogP contribution in [-0.2, 0) is 17.6 Å². The van der Waals surface area contributed by atoms with Crippen LogP contribution in [0.1, 0.15) is 91.4 Å². The zero-order valence-corrected chi connectivity index (χ0v) is 19.1. The number of carboxylic acid groups (broad SMARTS) is 1. The Morgan fingerprint density at radius 2 is 2.03 bits per heavy atom. The van der Waals surface area contributed by atoms with Crippen molar-refractivity contribution in [2.24, 2.45) is 0 Å². The van der Waals surface area contributed by atoms with Gasteiger partial charge in [-0.3, -0.25) is 4.79 Å². The molecule has 8 heteroatoms. The number of hydrogen-bond acceptors (Lipinski definition) is 5. The molecule has 0 saturated heterocycles. The lowest BCUT2D eigenvalue weighted by Gasteiger charge is -2.23. The van der Waals surface area contributed by atoms with Crippen molar-refractivity contribution in [2.75, 3.05) is 11.9 Å². The number of nitrogens with one attached hydrogen (secondary N) is 1. The molecule has 2 aromatic rings. The first-order valence-corrected chi connectivity index (χ1v) is 12.0. The number of alkyl halides is 2. The first-order chi connectivity index (χ1) is 15.8. The van der Waals surface area contributed by atoms with Crippen LogP contribution < -0.4 is 5.32 Å². The number of aryl methyl sites for hydroxylation is 3. The van der Waals surface area contributed by atoms with Gasteiger partial charge in [-0.25, -0.2) is 23.7 Å². The molecule has 0 bridgehead atoms. The summed E-state index contributed by atoms with van der Waals surface area (Å²) in [5.74, 6) is -2.80. The van der Waals surface area contributed by atoms with Crippen molar-refractivity contribution < 1.29 is 18.7 Å². The Morgan fingerprint density at radius 1 is 1.27 bits per heavy atom. The standard InChI is InChI=1S/C25H32F2N4O2/c1-16-29-14-20(15-30-16)19(12-23(32)33)13-25(26,27)9-3-2-6-22-21(17-7-8-17)11-18-5-4-10-28-24(18)31-22/h11,14-15,17,19H,2-10,12-13H2,1H3,(H,28,31)(H,32,33)/t19-/m0/s1. The molecule has 1 aliphatic carbocycles. The molecule has 1 aliphatic heterocycles. The minimum absolute atomic E-state index is 0.266. The van der Waals surface area contributed by atoms with E-state index < -0.39 is 24.2 Å². The average Bonchev–Trinajstić information content (AvgIpc) is 3.61. The van der Waals surface area contributed by atoms with Crippen LogP contribution in [0, 0.1) is 6.92 Å². The molecule has 0 unspecified atom stereocenters. The SMILES string of the molecule is Cc1ncc([C@@H](CC(=O)O)CC(F)(F)CCCCc2nc3c(cc2C2CC2)CCCN3)cn1. The van der Waals surface area contributed by atoms with Crippen LogP contribution in [0.2, 0.25) is 0 Å². The number of unbranched alkanes of at least 4 members (excludes halogenated alkanes) is 1. The molecule has 33 heavy (non-hydrogen) atoms. The van der Waals surface area contributed by atoms with Crippen LogP contribution in [0.3, 0.4) is 0 Å². The predicted octanol–water partition coefficient (Wildman–Crippen LogP) is 5.41. The van der Waals surface area contributed by atoms with Gasteiger partial charge in [0.15, 0.2) is 0 Å². The normalized spacial score (nSPS) is 16.7. The Hall–Kier alpha value is -2.64. The molecule has 2 aromatic heterocycles. The summed E-state index contributed by atoms with van der Waals surface area (Å²) in [5.41, 5.74) is 4.09. The van der Waals surface area contributed by atoms with E-state index in [-0.39, 0.29) is 12.8 Å². The number of aliphatic carboxylic acids is 1. The topological polar surface area (TPSA) is 88.0 Å². The second-order valence-electron chi connectivity index (χ2n) is 9.46. The maximum Gasteiger partial charge on any atom is 0.303 e. The number of aromatic nitrogens is 3. The molecule has 6 nitrogen and oxygen atoms in total. The summed E-state index contributed by atoms with van der Waals surface area (Å²) in [7, 11) is 0. The smallest absolute Gasteiger partial charge is 0.303 e. The van der Waals surface area contributed by atoms with Crippen molar-refractivity contribution >= 4 is 11.8 Å². The van der Waals surface area contributed by atoms with Crippen LogP contribution in [0.25, 0.3) is 0 Å². The number of pyridine rings is 1. The molecule has 1 saturated carbocycles. The van der Waals surface area contributed by atoms with Crippen molar-refractivity contribution in [3.8, 4) is 0 Å². The van der Waals surface area contributed by atoms with Gasteiger partial charge in [0.05, 0.1) is 6.42 Å². The van der Waals surface area contributed by atoms with E-state index in [4.69, 9.17) is 4.98 Å². The van der Waals surface area contributed by atoms with Gasteiger partial charge in [0, 0.05) is 43.4 Å². The minimum Gasteiger partial charge on any atom is -0.481 e. The van der Waals surface area contributed by atoms with Crippen molar-refractivity contribution in [1.29, 1.82) is 0 Å². The van der Waals surface area contributed by atoms with E-state index >= 15 is 0 Å². The third-order valence-corrected chi connectivity index (χ3v) is 6.59. The summed E-state index contributed by atoms with van der Waals surface area (Å²) in [6, 6.07) is 2.29. The van der Waals surface area contributed by atoms with E-state index in [0.717, 1.165) is 30.9 Å². The van der Waals surface area contributed by atoms with Crippen molar-refractivity contribution in [2.45, 2.75) is 88.9 Å². The summed E-state index contributed by atoms with van der Waals surface area (Å²) >= 11 is 0. The fourth-order valence-corrected chi connectivity index (χ4v) is 4.66. The van der Waals surface area contributed by atoms with Crippen LogP contribution in [-0.4, -0.2) is 38.5 Å². The Bertz CT molecular complexity index is 977. The Labute approximate surface area is 193 Å². The summed E-state index contributed by atoms with van der Waals surface area (Å²) in [4.78, 5) is 24.2. The zero-order valence-electron chi connectivity index (χ0n) is 19.1. The molecule has 0 aromatic carbocycles. The lowest BCUT2D eigenvalue weighted by Crippen LogP contribution is -2.22. The van der Waals surface area contributed by atoms with Gasteiger partial charge in [0.25, 0.3) is 0 Å². The van der Waals surface area contributed by atoms with E-state index in [0.29, 0.717) is 36.6 Å². The highest BCUT2D eigenvalue weighted by molar-refractivity contribution is 5.68. The fraction of sp³-hybridized carbons (Fsp3) is 0.600. The Kier molecular flexibility index (Phi) is 7.20. The molecule has 0 spiro atoms. The molecule has 0 radical (unpaired) electrons. The third-order valence-electron chi connectivity index (χ3n) is 6.59. The monoisotopic (exact) mass is 458 g/mol. The van der Waals surface area contributed by atoms with Crippen LogP contribution >= 0.6 is 0 Å². The second kappa shape index (κ2) is 10.1. The zero-order chi connectivity index (χ0) is 23.4. The summed E-state index contributed by atoms with van der Waals surface area (Å²) in [5, 5.41) is 12.6. The highest BCUT2D eigenvalue weighted by Crippen LogP contribution is 2.43. The number of nitrogens with zero attached hydrogens (tertiary/aromatic N) is 3. The summed E-state index contributed by atoms with van der Waals surface area (Å²) in [6.07, 6.45) is 8.02. The lowest BCUT2D eigenvalue weighted by molar-refractivity contribution is -0.138. The number of carboxylic acids is 1.